The third-order valence-corrected chi connectivity index (χ3v) is 4.12. The van der Waals surface area contributed by atoms with E-state index in [2.05, 4.69) is 27.9 Å². The Kier molecular flexibility index (Phi) is 5.31. The molecule has 1 unspecified atom stereocenters. The van der Waals surface area contributed by atoms with Gasteiger partial charge in [-0.1, -0.05) is 12.1 Å². The molecular weight excluding hydrogens is 385 g/mol. The molecule has 5 heteroatoms. The van der Waals surface area contributed by atoms with E-state index in [1.54, 1.807) is 18.4 Å². The van der Waals surface area contributed by atoms with E-state index in [1.165, 1.54) is 0 Å². The lowest BCUT2D eigenvalue weighted by Gasteiger charge is -2.07. The molecule has 1 amide bonds. The Balaban J connectivity index is 2.12. The van der Waals surface area contributed by atoms with Gasteiger partial charge in [-0.05, 0) is 64.6 Å². The third-order valence-electron chi connectivity index (χ3n) is 2.66. The first kappa shape index (κ1) is 15.2. The minimum atomic E-state index is -0.911. The van der Waals surface area contributed by atoms with Crippen molar-refractivity contribution in [1.29, 1.82) is 0 Å². The van der Waals surface area contributed by atoms with Crippen LogP contribution in [0.4, 0.5) is 5.69 Å². The number of amides is 1. The topological polar surface area (TPSA) is 46.2 Å². The lowest BCUT2D eigenvalue weighted by molar-refractivity contribution is 0.102. The molecule has 1 atom stereocenters. The molecule has 0 aliphatic carbocycles. The number of hydrogen-bond acceptors (Lipinski definition) is 2. The number of carbonyl (C=O) groups is 1. The van der Waals surface area contributed by atoms with Crippen LogP contribution in [0.5, 0.6) is 0 Å². The predicted molar refractivity (Wildman–Crippen MR) is 91.3 cm³/mol. The second kappa shape index (κ2) is 6.99. The Morgan fingerprint density at radius 1 is 1.20 bits per heavy atom. The summed E-state index contributed by atoms with van der Waals surface area (Å²) in [5.41, 5.74) is 2.24. The monoisotopic (exact) mass is 399 g/mol. The fraction of sp³-hybridized carbons (Fsp3) is 0.133. The molecule has 20 heavy (non-hydrogen) atoms. The molecule has 2 aromatic carbocycles. The van der Waals surface area contributed by atoms with Gasteiger partial charge in [0, 0.05) is 37.6 Å². The van der Waals surface area contributed by atoms with Gasteiger partial charge in [0.15, 0.2) is 0 Å². The Hall–Kier alpha value is -1.21. The van der Waals surface area contributed by atoms with Crippen LogP contribution in [0.3, 0.4) is 0 Å². The van der Waals surface area contributed by atoms with Crippen LogP contribution in [0.2, 0.25) is 0 Å². The molecule has 2 rings (SSSR count). The standard InChI is InChI=1S/C15H14INO2S/c1-20(19)10-11-3-2-4-12(9-11)15(18)17-14-7-5-13(16)6-8-14/h2-9H,10H2,1H3,(H,17,18). The van der Waals surface area contributed by atoms with Gasteiger partial charge in [-0.2, -0.15) is 0 Å². The summed E-state index contributed by atoms with van der Waals surface area (Å²) in [6.45, 7) is 0. The third kappa shape index (κ3) is 4.42. The van der Waals surface area contributed by atoms with E-state index in [0.29, 0.717) is 11.3 Å². The second-order valence-electron chi connectivity index (χ2n) is 4.38. The quantitative estimate of drug-likeness (QED) is 0.801. The molecule has 0 radical (unpaired) electrons. The van der Waals surface area contributed by atoms with Gasteiger partial charge in [0.2, 0.25) is 0 Å². The maximum absolute atomic E-state index is 12.1. The number of hydrogen-bond donors (Lipinski definition) is 1. The smallest absolute Gasteiger partial charge is 0.255 e. The Labute approximate surface area is 134 Å². The summed E-state index contributed by atoms with van der Waals surface area (Å²) in [6.07, 6.45) is 1.65. The van der Waals surface area contributed by atoms with E-state index in [9.17, 15) is 9.00 Å². The van der Waals surface area contributed by atoms with E-state index in [1.807, 2.05) is 36.4 Å². The summed E-state index contributed by atoms with van der Waals surface area (Å²) in [5, 5.41) is 2.85. The van der Waals surface area contributed by atoms with Gasteiger partial charge in [0.25, 0.3) is 5.91 Å². The lowest BCUT2D eigenvalue weighted by Crippen LogP contribution is -2.12. The first-order chi connectivity index (χ1) is 9.54. The molecule has 0 bridgehead atoms. The maximum Gasteiger partial charge on any atom is 0.255 e. The normalized spacial score (nSPS) is 11.9. The van der Waals surface area contributed by atoms with Gasteiger partial charge in [-0.3, -0.25) is 9.00 Å². The SMILES string of the molecule is CS(=O)Cc1cccc(C(=O)Nc2ccc(I)cc2)c1. The van der Waals surface area contributed by atoms with E-state index >= 15 is 0 Å². The van der Waals surface area contributed by atoms with Gasteiger partial charge in [0.05, 0.1) is 0 Å². The van der Waals surface area contributed by atoms with Crippen LogP contribution < -0.4 is 5.32 Å². The molecule has 0 aliphatic heterocycles. The fourth-order valence-electron chi connectivity index (χ4n) is 1.77. The van der Waals surface area contributed by atoms with Crippen molar-refractivity contribution >= 4 is 45.0 Å². The first-order valence-electron chi connectivity index (χ1n) is 6.00. The summed E-state index contributed by atoms with van der Waals surface area (Å²) >= 11 is 2.22. The minimum absolute atomic E-state index is 0.157. The summed E-state index contributed by atoms with van der Waals surface area (Å²) in [7, 11) is -0.911. The van der Waals surface area contributed by atoms with Crippen molar-refractivity contribution in [2.45, 2.75) is 5.75 Å². The molecule has 0 saturated heterocycles. The van der Waals surface area contributed by atoms with Crippen LogP contribution in [0.25, 0.3) is 0 Å². The van der Waals surface area contributed by atoms with Crippen molar-refractivity contribution in [2.75, 3.05) is 11.6 Å². The average Bonchev–Trinajstić information content (AvgIpc) is 2.41. The molecule has 0 aromatic heterocycles. The highest BCUT2D eigenvalue weighted by molar-refractivity contribution is 14.1. The van der Waals surface area contributed by atoms with Crippen LogP contribution in [-0.2, 0) is 16.6 Å². The zero-order valence-electron chi connectivity index (χ0n) is 10.9. The van der Waals surface area contributed by atoms with Crippen molar-refractivity contribution in [1.82, 2.24) is 0 Å². The number of nitrogens with one attached hydrogen (secondary N) is 1. The Morgan fingerprint density at radius 2 is 1.90 bits per heavy atom. The highest BCUT2D eigenvalue weighted by Crippen LogP contribution is 2.14. The van der Waals surface area contributed by atoms with Gasteiger partial charge in [0.1, 0.15) is 0 Å². The molecule has 0 saturated carbocycles. The molecule has 0 fully saturated rings. The average molecular weight is 399 g/mol. The van der Waals surface area contributed by atoms with Crippen molar-refractivity contribution in [3.05, 3.63) is 63.2 Å². The number of benzene rings is 2. The van der Waals surface area contributed by atoms with Crippen LogP contribution in [0.1, 0.15) is 15.9 Å². The number of halogens is 1. The van der Waals surface area contributed by atoms with Gasteiger partial charge >= 0.3 is 0 Å². The van der Waals surface area contributed by atoms with Gasteiger partial charge in [-0.25, -0.2) is 0 Å². The van der Waals surface area contributed by atoms with E-state index in [4.69, 9.17) is 0 Å². The van der Waals surface area contributed by atoms with Crippen LogP contribution in [-0.4, -0.2) is 16.4 Å². The molecule has 104 valence electrons. The number of rotatable bonds is 4. The molecule has 0 aliphatic rings. The van der Waals surface area contributed by atoms with Crippen molar-refractivity contribution in [3.63, 3.8) is 0 Å². The van der Waals surface area contributed by atoms with Crippen LogP contribution in [0.15, 0.2) is 48.5 Å². The number of anilines is 1. The van der Waals surface area contributed by atoms with Crippen LogP contribution >= 0.6 is 22.6 Å². The van der Waals surface area contributed by atoms with E-state index in [-0.39, 0.29) is 5.91 Å². The first-order valence-corrected chi connectivity index (χ1v) is 8.81. The second-order valence-corrected chi connectivity index (χ2v) is 7.06. The van der Waals surface area contributed by atoms with Crippen molar-refractivity contribution < 1.29 is 9.00 Å². The van der Waals surface area contributed by atoms with Crippen molar-refractivity contribution in [3.8, 4) is 0 Å². The summed E-state index contributed by atoms with van der Waals surface area (Å²) in [6, 6.07) is 14.8. The fourth-order valence-corrected chi connectivity index (χ4v) is 2.78. The molecule has 0 spiro atoms. The molecule has 1 N–H and O–H groups in total. The maximum atomic E-state index is 12.1. The van der Waals surface area contributed by atoms with Gasteiger partial charge < -0.3 is 5.32 Å². The summed E-state index contributed by atoms with van der Waals surface area (Å²) in [5.74, 6) is 0.305. The van der Waals surface area contributed by atoms with E-state index < -0.39 is 10.8 Å². The molecule has 3 nitrogen and oxygen atoms in total. The predicted octanol–water partition coefficient (Wildman–Crippen LogP) is 3.42. The summed E-state index contributed by atoms with van der Waals surface area (Å²) in [4.78, 5) is 12.1. The highest BCUT2D eigenvalue weighted by atomic mass is 127. The minimum Gasteiger partial charge on any atom is -0.322 e. The lowest BCUT2D eigenvalue weighted by atomic mass is 10.1. The van der Waals surface area contributed by atoms with Crippen molar-refractivity contribution in [2.24, 2.45) is 0 Å². The van der Waals surface area contributed by atoms with Gasteiger partial charge in [-0.15, -0.1) is 0 Å². The zero-order valence-corrected chi connectivity index (χ0v) is 13.9. The molecule has 0 heterocycles. The highest BCUT2D eigenvalue weighted by Gasteiger charge is 2.07. The largest absolute Gasteiger partial charge is 0.322 e. The van der Waals surface area contributed by atoms with Crippen LogP contribution in [0, 0.1) is 3.57 Å². The molecular formula is C15H14INO2S. The number of carbonyl (C=O) groups excluding carboxylic acids is 1. The van der Waals surface area contributed by atoms with E-state index in [0.717, 1.165) is 14.8 Å². The summed E-state index contributed by atoms with van der Waals surface area (Å²) < 4.78 is 12.3. The Bertz CT molecular complexity index is 641. The molecule has 2 aromatic rings. The zero-order chi connectivity index (χ0) is 14.5. The Morgan fingerprint density at radius 3 is 2.55 bits per heavy atom.